The van der Waals surface area contributed by atoms with Gasteiger partial charge in [-0.05, 0) is 49.2 Å². The molecule has 0 unspecified atom stereocenters. The van der Waals surface area contributed by atoms with Gasteiger partial charge in [-0.25, -0.2) is 4.79 Å². The van der Waals surface area contributed by atoms with Gasteiger partial charge in [0.2, 0.25) is 11.8 Å². The zero-order valence-electron chi connectivity index (χ0n) is 14.6. The summed E-state index contributed by atoms with van der Waals surface area (Å²) in [4.78, 5) is 35.8. The minimum atomic E-state index is -0.472. The van der Waals surface area contributed by atoms with Crippen molar-refractivity contribution >= 4 is 34.3 Å². The summed E-state index contributed by atoms with van der Waals surface area (Å²) >= 11 is 0. The normalized spacial score (nSPS) is 13.5. The van der Waals surface area contributed by atoms with Gasteiger partial charge in [0.1, 0.15) is 0 Å². The Balaban J connectivity index is 1.34. The molecule has 0 bridgehead atoms. The molecule has 0 spiro atoms. The molecule has 0 radical (unpaired) electrons. The van der Waals surface area contributed by atoms with Crippen molar-refractivity contribution in [1.29, 1.82) is 0 Å². The van der Waals surface area contributed by atoms with E-state index in [1.165, 1.54) is 4.57 Å². The first-order valence-corrected chi connectivity index (χ1v) is 8.89. The van der Waals surface area contributed by atoms with Crippen molar-refractivity contribution in [2.45, 2.75) is 25.8 Å². The van der Waals surface area contributed by atoms with E-state index >= 15 is 0 Å². The van der Waals surface area contributed by atoms with E-state index in [1.54, 1.807) is 42.5 Å². The third-order valence-electron chi connectivity index (χ3n) is 4.52. The van der Waals surface area contributed by atoms with Crippen LogP contribution in [0.2, 0.25) is 0 Å². The lowest BCUT2D eigenvalue weighted by Gasteiger charge is -2.08. The second kappa shape index (κ2) is 7.11. The number of aryl methyl sites for hydroxylation is 1. The number of amides is 2. The fraction of sp³-hybridized carbons (Fsp3) is 0.250. The zero-order valence-corrected chi connectivity index (χ0v) is 14.6. The number of rotatable bonds is 6. The fourth-order valence-electron chi connectivity index (χ4n) is 2.89. The molecule has 2 aromatic carbocycles. The average Bonchev–Trinajstić information content (AvgIpc) is 3.45. The molecule has 1 aliphatic rings. The maximum Gasteiger partial charge on any atom is 0.419 e. The number of oxazole rings is 1. The highest BCUT2D eigenvalue weighted by Crippen LogP contribution is 2.30. The van der Waals surface area contributed by atoms with Crippen molar-refractivity contribution in [3.63, 3.8) is 0 Å². The van der Waals surface area contributed by atoms with Gasteiger partial charge in [-0.1, -0.05) is 12.1 Å². The molecule has 3 aromatic rings. The topological polar surface area (TPSA) is 93.3 Å². The van der Waals surface area contributed by atoms with Crippen molar-refractivity contribution in [2.75, 3.05) is 10.6 Å². The maximum atomic E-state index is 12.2. The Bertz CT molecular complexity index is 1050. The van der Waals surface area contributed by atoms with E-state index in [-0.39, 0.29) is 30.7 Å². The van der Waals surface area contributed by atoms with Crippen LogP contribution in [0.4, 0.5) is 11.4 Å². The molecule has 0 saturated heterocycles. The molecule has 7 nitrogen and oxygen atoms in total. The SMILES string of the molecule is O=C(CCn1c(=O)oc2ccccc21)Nc1ccc(NC(=O)C2CC2)cc1. The van der Waals surface area contributed by atoms with Crippen molar-refractivity contribution in [3.05, 3.63) is 59.1 Å². The van der Waals surface area contributed by atoms with Gasteiger partial charge >= 0.3 is 5.76 Å². The number of carbonyl (C=O) groups excluding carboxylic acids is 2. The highest BCUT2D eigenvalue weighted by molar-refractivity contribution is 5.95. The van der Waals surface area contributed by atoms with Gasteiger partial charge in [0.15, 0.2) is 5.58 Å². The quantitative estimate of drug-likeness (QED) is 0.702. The molecule has 1 fully saturated rings. The van der Waals surface area contributed by atoms with Crippen LogP contribution in [-0.4, -0.2) is 16.4 Å². The van der Waals surface area contributed by atoms with Gasteiger partial charge in [0.05, 0.1) is 5.52 Å². The van der Waals surface area contributed by atoms with Gasteiger partial charge in [-0.3, -0.25) is 14.2 Å². The summed E-state index contributed by atoms with van der Waals surface area (Å²) in [6.07, 6.45) is 2.05. The molecule has 2 amide bonds. The molecular formula is C20H19N3O4. The predicted molar refractivity (Wildman–Crippen MR) is 102 cm³/mol. The third kappa shape index (κ3) is 3.92. The highest BCUT2D eigenvalue weighted by Gasteiger charge is 2.29. The Morgan fingerprint density at radius 3 is 2.37 bits per heavy atom. The molecule has 7 heteroatoms. The van der Waals surface area contributed by atoms with E-state index < -0.39 is 5.76 Å². The summed E-state index contributed by atoms with van der Waals surface area (Å²) in [5.74, 6) is -0.488. The number of nitrogens with zero attached hydrogens (tertiary/aromatic N) is 1. The van der Waals surface area contributed by atoms with Crippen LogP contribution in [0.5, 0.6) is 0 Å². The van der Waals surface area contributed by atoms with Crippen LogP contribution in [0.25, 0.3) is 11.1 Å². The van der Waals surface area contributed by atoms with Crippen LogP contribution < -0.4 is 16.4 Å². The van der Waals surface area contributed by atoms with E-state index in [2.05, 4.69) is 10.6 Å². The van der Waals surface area contributed by atoms with Crippen LogP contribution in [0, 0.1) is 5.92 Å². The Labute approximate surface area is 155 Å². The minimum absolute atomic E-state index is 0.0459. The first-order chi connectivity index (χ1) is 13.1. The molecule has 2 N–H and O–H groups in total. The molecule has 0 aliphatic heterocycles. The van der Waals surface area contributed by atoms with Crippen molar-refractivity contribution in [1.82, 2.24) is 4.57 Å². The number of para-hydroxylation sites is 2. The Kier molecular flexibility index (Phi) is 4.50. The van der Waals surface area contributed by atoms with Crippen LogP contribution in [0.3, 0.4) is 0 Å². The van der Waals surface area contributed by atoms with Crippen LogP contribution in [0.15, 0.2) is 57.7 Å². The number of benzene rings is 2. The molecule has 1 saturated carbocycles. The molecule has 138 valence electrons. The largest absolute Gasteiger partial charge is 0.419 e. The van der Waals surface area contributed by atoms with E-state index in [0.717, 1.165) is 12.8 Å². The summed E-state index contributed by atoms with van der Waals surface area (Å²) in [6.45, 7) is 0.233. The molecular weight excluding hydrogens is 346 g/mol. The number of carbonyl (C=O) groups is 2. The van der Waals surface area contributed by atoms with Crippen molar-refractivity contribution in [3.8, 4) is 0 Å². The minimum Gasteiger partial charge on any atom is -0.408 e. The first kappa shape index (κ1) is 17.1. The van der Waals surface area contributed by atoms with Gasteiger partial charge in [-0.2, -0.15) is 0 Å². The first-order valence-electron chi connectivity index (χ1n) is 8.89. The average molecular weight is 365 g/mol. The third-order valence-corrected chi connectivity index (χ3v) is 4.52. The van der Waals surface area contributed by atoms with Gasteiger partial charge < -0.3 is 15.1 Å². The van der Waals surface area contributed by atoms with Crippen molar-refractivity contribution in [2.24, 2.45) is 5.92 Å². The maximum absolute atomic E-state index is 12.2. The summed E-state index contributed by atoms with van der Waals surface area (Å²) in [7, 11) is 0. The lowest BCUT2D eigenvalue weighted by atomic mass is 10.2. The van der Waals surface area contributed by atoms with Crippen LogP contribution >= 0.6 is 0 Å². The van der Waals surface area contributed by atoms with E-state index in [0.29, 0.717) is 22.5 Å². The summed E-state index contributed by atoms with van der Waals surface area (Å²) < 4.78 is 6.61. The van der Waals surface area contributed by atoms with Crippen molar-refractivity contribution < 1.29 is 14.0 Å². The Hall–Kier alpha value is -3.35. The molecule has 1 aromatic heterocycles. The van der Waals surface area contributed by atoms with Crippen LogP contribution in [0.1, 0.15) is 19.3 Å². The number of anilines is 2. The molecule has 27 heavy (non-hydrogen) atoms. The zero-order chi connectivity index (χ0) is 18.8. The Morgan fingerprint density at radius 2 is 1.67 bits per heavy atom. The predicted octanol–water partition coefficient (Wildman–Crippen LogP) is 2.97. The smallest absolute Gasteiger partial charge is 0.408 e. The second-order valence-corrected chi connectivity index (χ2v) is 6.63. The molecule has 0 atom stereocenters. The van der Waals surface area contributed by atoms with Gasteiger partial charge in [-0.15, -0.1) is 0 Å². The van der Waals surface area contributed by atoms with Crippen LogP contribution in [-0.2, 0) is 16.1 Å². The lowest BCUT2D eigenvalue weighted by molar-refractivity contribution is -0.117. The fourth-order valence-corrected chi connectivity index (χ4v) is 2.89. The van der Waals surface area contributed by atoms with Gasteiger partial charge in [0, 0.05) is 30.3 Å². The van der Waals surface area contributed by atoms with E-state index in [9.17, 15) is 14.4 Å². The van der Waals surface area contributed by atoms with Gasteiger partial charge in [0.25, 0.3) is 0 Å². The Morgan fingerprint density at radius 1 is 1.00 bits per heavy atom. The molecule has 1 heterocycles. The van der Waals surface area contributed by atoms with E-state index in [4.69, 9.17) is 4.42 Å². The summed E-state index contributed by atoms with van der Waals surface area (Å²) in [5, 5.41) is 5.64. The highest BCUT2D eigenvalue weighted by atomic mass is 16.4. The monoisotopic (exact) mass is 365 g/mol. The number of hydrogen-bond acceptors (Lipinski definition) is 4. The summed E-state index contributed by atoms with van der Waals surface area (Å²) in [5.41, 5.74) is 2.52. The number of fused-ring (bicyclic) bond motifs is 1. The number of nitrogens with one attached hydrogen (secondary N) is 2. The molecule has 4 rings (SSSR count). The lowest BCUT2D eigenvalue weighted by Crippen LogP contribution is -2.19. The number of hydrogen-bond donors (Lipinski definition) is 2. The summed E-state index contributed by atoms with van der Waals surface area (Å²) in [6, 6.07) is 14.1. The van der Waals surface area contributed by atoms with E-state index in [1.807, 2.05) is 6.07 Å². The second-order valence-electron chi connectivity index (χ2n) is 6.63. The number of aromatic nitrogens is 1. The molecule has 1 aliphatic carbocycles. The standard InChI is InChI=1S/C20H19N3O4/c24-18(11-12-23-16-3-1-2-4-17(16)27-20(23)26)21-14-7-9-15(10-8-14)22-19(25)13-5-6-13/h1-4,7-10,13H,5-6,11-12H2,(H,21,24)(H,22,25).